The smallest absolute Gasteiger partial charge is 0.165 e. The van der Waals surface area contributed by atoms with Crippen molar-refractivity contribution in [2.75, 3.05) is 7.11 Å². The number of hydrogen-bond acceptors (Lipinski definition) is 3. The molecule has 17 heavy (non-hydrogen) atoms. The maximum atomic E-state index is 13.4. The predicted molar refractivity (Wildman–Crippen MR) is 62.4 cm³/mol. The SMILES string of the molecule is COc1ccc(CC(=O)C2(N)CCC2)cc1F. The standard InChI is InChI=1S/C13H16FNO2/c1-17-11-4-3-9(7-10(11)14)8-12(16)13(15)5-2-6-13/h3-4,7H,2,5-6,8,15H2,1H3. The highest BCUT2D eigenvalue weighted by Gasteiger charge is 2.39. The van der Waals surface area contributed by atoms with Crippen LogP contribution >= 0.6 is 0 Å². The highest BCUT2D eigenvalue weighted by atomic mass is 19.1. The summed E-state index contributed by atoms with van der Waals surface area (Å²) in [5, 5.41) is 0. The lowest BCUT2D eigenvalue weighted by atomic mass is 9.73. The molecule has 1 aliphatic rings. The summed E-state index contributed by atoms with van der Waals surface area (Å²) in [5.41, 5.74) is 5.89. The Morgan fingerprint density at radius 2 is 2.24 bits per heavy atom. The highest BCUT2D eigenvalue weighted by molar-refractivity contribution is 5.90. The maximum absolute atomic E-state index is 13.4. The number of rotatable bonds is 4. The molecule has 0 amide bonds. The first-order chi connectivity index (χ1) is 8.05. The summed E-state index contributed by atoms with van der Waals surface area (Å²) in [4.78, 5) is 11.9. The van der Waals surface area contributed by atoms with Gasteiger partial charge in [-0.05, 0) is 37.0 Å². The van der Waals surface area contributed by atoms with Crippen LogP contribution in [0.1, 0.15) is 24.8 Å². The molecule has 0 atom stereocenters. The molecule has 0 spiro atoms. The van der Waals surface area contributed by atoms with Gasteiger partial charge in [-0.2, -0.15) is 0 Å². The van der Waals surface area contributed by atoms with Crippen LogP contribution in [0.4, 0.5) is 4.39 Å². The van der Waals surface area contributed by atoms with E-state index in [-0.39, 0.29) is 18.0 Å². The van der Waals surface area contributed by atoms with Gasteiger partial charge in [0.2, 0.25) is 0 Å². The minimum absolute atomic E-state index is 0.00619. The first-order valence-corrected chi connectivity index (χ1v) is 5.70. The van der Waals surface area contributed by atoms with E-state index in [1.165, 1.54) is 19.2 Å². The minimum Gasteiger partial charge on any atom is -0.494 e. The van der Waals surface area contributed by atoms with Crippen molar-refractivity contribution in [2.24, 2.45) is 5.73 Å². The van der Waals surface area contributed by atoms with E-state index in [1.54, 1.807) is 6.07 Å². The zero-order valence-electron chi connectivity index (χ0n) is 9.83. The quantitative estimate of drug-likeness (QED) is 0.869. The lowest BCUT2D eigenvalue weighted by molar-refractivity contribution is -0.126. The van der Waals surface area contributed by atoms with Crippen LogP contribution in [0.2, 0.25) is 0 Å². The predicted octanol–water partition coefficient (Wildman–Crippen LogP) is 1.83. The van der Waals surface area contributed by atoms with Gasteiger partial charge in [0.25, 0.3) is 0 Å². The fraction of sp³-hybridized carbons (Fsp3) is 0.462. The number of halogens is 1. The van der Waals surface area contributed by atoms with E-state index in [1.807, 2.05) is 0 Å². The van der Waals surface area contributed by atoms with Gasteiger partial charge in [0.15, 0.2) is 17.3 Å². The van der Waals surface area contributed by atoms with E-state index in [0.717, 1.165) is 19.3 Å². The molecule has 0 unspecified atom stereocenters. The lowest BCUT2D eigenvalue weighted by Crippen LogP contribution is -2.54. The number of Topliss-reactive ketones (excluding diaryl/α,β-unsaturated/α-hetero) is 1. The molecule has 3 nitrogen and oxygen atoms in total. The Hall–Kier alpha value is -1.42. The van der Waals surface area contributed by atoms with Crippen molar-refractivity contribution in [3.63, 3.8) is 0 Å². The number of ether oxygens (including phenoxy) is 1. The first kappa shape index (κ1) is 12.0. The molecule has 4 heteroatoms. The second kappa shape index (κ2) is 4.45. The zero-order chi connectivity index (χ0) is 12.5. The van der Waals surface area contributed by atoms with E-state index in [9.17, 15) is 9.18 Å². The summed E-state index contributed by atoms with van der Waals surface area (Å²) < 4.78 is 18.2. The Morgan fingerprint density at radius 3 is 2.71 bits per heavy atom. The maximum Gasteiger partial charge on any atom is 0.165 e. The first-order valence-electron chi connectivity index (χ1n) is 5.70. The van der Waals surface area contributed by atoms with E-state index in [2.05, 4.69) is 0 Å². The number of carbonyl (C=O) groups is 1. The summed E-state index contributed by atoms with van der Waals surface area (Å²) in [6, 6.07) is 4.56. The third-order valence-electron chi connectivity index (χ3n) is 3.38. The molecule has 2 N–H and O–H groups in total. The lowest BCUT2D eigenvalue weighted by Gasteiger charge is -2.36. The number of hydrogen-bond donors (Lipinski definition) is 1. The summed E-state index contributed by atoms with van der Waals surface area (Å²) in [5.74, 6) is -0.266. The monoisotopic (exact) mass is 237 g/mol. The molecule has 0 saturated heterocycles. The normalized spacial score (nSPS) is 17.4. The van der Waals surface area contributed by atoms with Gasteiger partial charge in [0, 0.05) is 6.42 Å². The van der Waals surface area contributed by atoms with Gasteiger partial charge in [-0.25, -0.2) is 4.39 Å². The van der Waals surface area contributed by atoms with E-state index < -0.39 is 11.4 Å². The van der Waals surface area contributed by atoms with Crippen LogP contribution in [0.3, 0.4) is 0 Å². The molecule has 92 valence electrons. The average Bonchev–Trinajstić information content (AvgIpc) is 2.26. The third-order valence-corrected chi connectivity index (χ3v) is 3.38. The zero-order valence-corrected chi connectivity index (χ0v) is 9.83. The van der Waals surface area contributed by atoms with Gasteiger partial charge in [-0.1, -0.05) is 6.07 Å². The van der Waals surface area contributed by atoms with Gasteiger partial charge < -0.3 is 10.5 Å². The van der Waals surface area contributed by atoms with E-state index >= 15 is 0 Å². The highest BCUT2D eigenvalue weighted by Crippen LogP contribution is 2.31. The molecule has 0 aromatic heterocycles. The number of ketones is 1. The molecular weight excluding hydrogens is 221 g/mol. The Kier molecular flexibility index (Phi) is 3.15. The average molecular weight is 237 g/mol. The largest absolute Gasteiger partial charge is 0.494 e. The minimum atomic E-state index is -0.670. The van der Waals surface area contributed by atoms with E-state index in [4.69, 9.17) is 10.5 Å². The Bertz CT molecular complexity index is 441. The van der Waals surface area contributed by atoms with Gasteiger partial charge in [0.05, 0.1) is 12.6 Å². The van der Waals surface area contributed by atoms with Crippen LogP contribution in [-0.2, 0) is 11.2 Å². The second-order valence-corrected chi connectivity index (χ2v) is 4.58. The summed E-state index contributed by atoms with van der Waals surface area (Å²) >= 11 is 0. The van der Waals surface area contributed by atoms with Crippen molar-refractivity contribution in [3.05, 3.63) is 29.6 Å². The molecular formula is C13H16FNO2. The van der Waals surface area contributed by atoms with Gasteiger partial charge in [-0.3, -0.25) is 4.79 Å². The van der Waals surface area contributed by atoms with Crippen molar-refractivity contribution < 1.29 is 13.9 Å². The molecule has 0 bridgehead atoms. The molecule has 1 fully saturated rings. The molecule has 1 saturated carbocycles. The van der Waals surface area contributed by atoms with Gasteiger partial charge in [-0.15, -0.1) is 0 Å². The number of nitrogens with two attached hydrogens (primary N) is 1. The van der Waals surface area contributed by atoms with Crippen LogP contribution < -0.4 is 10.5 Å². The fourth-order valence-electron chi connectivity index (χ4n) is 2.02. The van der Waals surface area contributed by atoms with Crippen LogP contribution in [-0.4, -0.2) is 18.4 Å². The number of methoxy groups -OCH3 is 1. The van der Waals surface area contributed by atoms with Crippen LogP contribution in [0.5, 0.6) is 5.75 Å². The van der Waals surface area contributed by atoms with Crippen LogP contribution in [0.25, 0.3) is 0 Å². The molecule has 1 aromatic carbocycles. The molecule has 1 aliphatic carbocycles. The molecule has 0 heterocycles. The van der Waals surface area contributed by atoms with Crippen molar-refractivity contribution in [2.45, 2.75) is 31.2 Å². The molecule has 0 aliphatic heterocycles. The van der Waals surface area contributed by atoms with E-state index in [0.29, 0.717) is 5.56 Å². The van der Waals surface area contributed by atoms with Crippen molar-refractivity contribution in [1.29, 1.82) is 0 Å². The van der Waals surface area contributed by atoms with Gasteiger partial charge in [0.1, 0.15) is 0 Å². The Labute approximate surface area is 99.8 Å². The Morgan fingerprint density at radius 1 is 1.53 bits per heavy atom. The van der Waals surface area contributed by atoms with Crippen LogP contribution in [0.15, 0.2) is 18.2 Å². The summed E-state index contributed by atoms with van der Waals surface area (Å²) in [6.07, 6.45) is 2.67. The molecule has 1 aromatic rings. The second-order valence-electron chi connectivity index (χ2n) is 4.58. The van der Waals surface area contributed by atoms with Crippen molar-refractivity contribution in [3.8, 4) is 5.75 Å². The van der Waals surface area contributed by atoms with Gasteiger partial charge >= 0.3 is 0 Å². The summed E-state index contributed by atoms with van der Waals surface area (Å²) in [7, 11) is 1.41. The number of benzene rings is 1. The third kappa shape index (κ3) is 2.31. The Balaban J connectivity index is 2.08. The topological polar surface area (TPSA) is 52.3 Å². The fourth-order valence-corrected chi connectivity index (χ4v) is 2.02. The molecule has 2 rings (SSSR count). The van der Waals surface area contributed by atoms with Crippen LogP contribution in [0, 0.1) is 5.82 Å². The van der Waals surface area contributed by atoms with Crippen molar-refractivity contribution >= 4 is 5.78 Å². The molecule has 0 radical (unpaired) electrons. The van der Waals surface area contributed by atoms with Crippen molar-refractivity contribution in [1.82, 2.24) is 0 Å². The number of carbonyl (C=O) groups excluding carboxylic acids is 1. The summed E-state index contributed by atoms with van der Waals surface area (Å²) in [6.45, 7) is 0.